The van der Waals surface area contributed by atoms with E-state index in [9.17, 15) is 9.59 Å². The van der Waals surface area contributed by atoms with Gasteiger partial charge >= 0.3 is 5.97 Å². The number of nitrogens with zero attached hydrogens (tertiary/aromatic N) is 3. The van der Waals surface area contributed by atoms with Gasteiger partial charge in [0.2, 0.25) is 5.91 Å². The van der Waals surface area contributed by atoms with Gasteiger partial charge in [0.15, 0.2) is 0 Å². The topological polar surface area (TPSA) is 108 Å². The Morgan fingerprint density at radius 3 is 2.75 bits per heavy atom. The van der Waals surface area contributed by atoms with Gasteiger partial charge < -0.3 is 10.4 Å². The lowest BCUT2D eigenvalue weighted by atomic mass is 10.2. The number of anilines is 1. The minimum atomic E-state index is -1.17. The number of hydrogen-bond acceptors (Lipinski definition) is 4. The second-order valence-electron chi connectivity index (χ2n) is 3.12. The van der Waals surface area contributed by atoms with Crippen LogP contribution in [0.1, 0.15) is 22.5 Å². The van der Waals surface area contributed by atoms with Crippen molar-refractivity contribution < 1.29 is 14.7 Å². The van der Waals surface area contributed by atoms with Gasteiger partial charge in [0.1, 0.15) is 17.8 Å². The molecular weight excluding hydrogens is 212 g/mol. The van der Waals surface area contributed by atoms with Crippen LogP contribution in [0, 0.1) is 18.3 Å². The number of hydrogen-bond donors (Lipinski definition) is 2. The van der Waals surface area contributed by atoms with Crippen LogP contribution < -0.4 is 5.32 Å². The van der Waals surface area contributed by atoms with Crippen molar-refractivity contribution in [2.75, 3.05) is 5.32 Å². The van der Waals surface area contributed by atoms with Crippen LogP contribution in [0.4, 0.5) is 5.82 Å². The number of aromatic nitrogens is 2. The number of aryl methyl sites for hydroxylation is 2. The second-order valence-corrected chi connectivity index (χ2v) is 3.12. The third-order valence-electron chi connectivity index (χ3n) is 1.93. The zero-order valence-corrected chi connectivity index (χ0v) is 8.81. The molecule has 0 bridgehead atoms. The average Bonchev–Trinajstić information content (AvgIpc) is 2.41. The highest BCUT2D eigenvalue weighted by Crippen LogP contribution is 2.18. The minimum Gasteiger partial charge on any atom is -0.477 e. The van der Waals surface area contributed by atoms with Crippen molar-refractivity contribution in [1.82, 2.24) is 9.78 Å². The minimum absolute atomic E-state index is 0.0613. The van der Waals surface area contributed by atoms with E-state index in [0.717, 1.165) is 0 Å². The molecule has 1 aromatic rings. The molecule has 0 saturated carbocycles. The van der Waals surface area contributed by atoms with Crippen molar-refractivity contribution >= 4 is 17.7 Å². The molecule has 84 valence electrons. The molecule has 16 heavy (non-hydrogen) atoms. The van der Waals surface area contributed by atoms with Crippen molar-refractivity contribution in [3.8, 4) is 6.07 Å². The number of rotatable bonds is 3. The van der Waals surface area contributed by atoms with Gasteiger partial charge in [0.05, 0.1) is 11.8 Å². The Kier molecular flexibility index (Phi) is 3.25. The smallest absolute Gasteiger partial charge is 0.341 e. The summed E-state index contributed by atoms with van der Waals surface area (Å²) in [4.78, 5) is 22.1. The molecule has 1 amide bonds. The molecule has 0 saturated heterocycles. The average molecular weight is 222 g/mol. The zero-order valence-electron chi connectivity index (χ0n) is 8.81. The highest BCUT2D eigenvalue weighted by molar-refractivity contribution is 6.00. The van der Waals surface area contributed by atoms with Gasteiger partial charge in [0, 0.05) is 7.05 Å². The molecule has 0 atom stereocenters. The summed E-state index contributed by atoms with van der Waals surface area (Å²) in [6, 6.07) is 1.67. The van der Waals surface area contributed by atoms with E-state index in [1.165, 1.54) is 18.7 Å². The molecule has 1 heterocycles. The van der Waals surface area contributed by atoms with E-state index in [1.807, 2.05) is 0 Å². The van der Waals surface area contributed by atoms with E-state index in [0.29, 0.717) is 5.69 Å². The SMILES string of the molecule is Cc1nn(C)c(NC(=O)CC#N)c1C(=O)O. The van der Waals surface area contributed by atoms with E-state index in [2.05, 4.69) is 10.4 Å². The molecule has 0 unspecified atom stereocenters. The van der Waals surface area contributed by atoms with Crippen LogP contribution >= 0.6 is 0 Å². The van der Waals surface area contributed by atoms with Crippen LogP contribution in [0.3, 0.4) is 0 Å². The highest BCUT2D eigenvalue weighted by atomic mass is 16.4. The van der Waals surface area contributed by atoms with E-state index >= 15 is 0 Å². The molecule has 0 radical (unpaired) electrons. The van der Waals surface area contributed by atoms with Crippen LogP contribution in [-0.4, -0.2) is 26.8 Å². The Hall–Kier alpha value is -2.36. The zero-order chi connectivity index (χ0) is 12.3. The molecule has 0 aliphatic heterocycles. The van der Waals surface area contributed by atoms with E-state index < -0.39 is 11.9 Å². The van der Waals surface area contributed by atoms with Crippen LogP contribution in [0.25, 0.3) is 0 Å². The van der Waals surface area contributed by atoms with E-state index in [-0.39, 0.29) is 17.8 Å². The van der Waals surface area contributed by atoms with Crippen LogP contribution in [0.15, 0.2) is 0 Å². The second kappa shape index (κ2) is 4.44. The molecule has 1 rings (SSSR count). The van der Waals surface area contributed by atoms with Crippen molar-refractivity contribution in [2.24, 2.45) is 7.05 Å². The first-order valence-corrected chi connectivity index (χ1v) is 4.41. The fourth-order valence-electron chi connectivity index (χ4n) is 1.31. The Labute approximate surface area is 91.3 Å². The van der Waals surface area contributed by atoms with E-state index in [4.69, 9.17) is 10.4 Å². The van der Waals surface area contributed by atoms with Crippen LogP contribution in [0.5, 0.6) is 0 Å². The number of carboxylic acids is 1. The number of carbonyl (C=O) groups is 2. The van der Waals surface area contributed by atoms with E-state index in [1.54, 1.807) is 6.07 Å². The molecular formula is C9H10N4O3. The number of nitriles is 1. The number of amides is 1. The molecule has 0 spiro atoms. The first kappa shape index (κ1) is 11.7. The fourth-order valence-corrected chi connectivity index (χ4v) is 1.31. The summed E-state index contributed by atoms with van der Waals surface area (Å²) in [7, 11) is 1.52. The molecule has 7 heteroatoms. The normalized spacial score (nSPS) is 9.56. The van der Waals surface area contributed by atoms with Gasteiger partial charge in [-0.05, 0) is 6.92 Å². The summed E-state index contributed by atoms with van der Waals surface area (Å²) < 4.78 is 1.26. The molecule has 0 aliphatic carbocycles. The lowest BCUT2D eigenvalue weighted by Gasteiger charge is -2.04. The number of aromatic carboxylic acids is 1. The first-order chi connectivity index (χ1) is 7.47. The van der Waals surface area contributed by atoms with Gasteiger partial charge in [-0.1, -0.05) is 0 Å². The van der Waals surface area contributed by atoms with Gasteiger partial charge in [0.25, 0.3) is 0 Å². The van der Waals surface area contributed by atoms with Crippen molar-refractivity contribution in [3.05, 3.63) is 11.3 Å². The number of carbonyl (C=O) groups excluding carboxylic acids is 1. The standard InChI is InChI=1S/C9H10N4O3/c1-5-7(9(15)16)8(13(2)12-5)11-6(14)3-4-10/h3H2,1-2H3,(H,11,14)(H,15,16). The third-order valence-corrected chi connectivity index (χ3v) is 1.93. The molecule has 1 aromatic heterocycles. The Morgan fingerprint density at radius 2 is 2.25 bits per heavy atom. The Balaban J connectivity index is 3.09. The number of nitrogens with one attached hydrogen (secondary N) is 1. The van der Waals surface area contributed by atoms with Crippen molar-refractivity contribution in [2.45, 2.75) is 13.3 Å². The van der Waals surface area contributed by atoms with Crippen LogP contribution in [-0.2, 0) is 11.8 Å². The molecule has 0 fully saturated rings. The molecule has 7 nitrogen and oxygen atoms in total. The van der Waals surface area contributed by atoms with Crippen molar-refractivity contribution in [3.63, 3.8) is 0 Å². The number of carboxylic acid groups (broad SMARTS) is 1. The fraction of sp³-hybridized carbons (Fsp3) is 0.333. The Bertz CT molecular complexity index is 484. The van der Waals surface area contributed by atoms with Gasteiger partial charge in [-0.25, -0.2) is 4.79 Å². The Morgan fingerprint density at radius 1 is 1.62 bits per heavy atom. The largest absolute Gasteiger partial charge is 0.477 e. The lowest BCUT2D eigenvalue weighted by molar-refractivity contribution is -0.115. The summed E-state index contributed by atoms with van der Waals surface area (Å²) in [5.74, 6) is -1.64. The summed E-state index contributed by atoms with van der Waals surface area (Å²) in [5.41, 5.74) is 0.246. The molecule has 0 aliphatic rings. The maximum absolute atomic E-state index is 11.2. The predicted octanol–water partition coefficient (Wildman–Crippen LogP) is 0.279. The molecule has 0 aromatic carbocycles. The predicted molar refractivity (Wildman–Crippen MR) is 53.8 cm³/mol. The van der Waals surface area contributed by atoms with Gasteiger partial charge in [-0.3, -0.25) is 9.48 Å². The van der Waals surface area contributed by atoms with Gasteiger partial charge in [-0.15, -0.1) is 0 Å². The summed E-state index contributed by atoms with van der Waals surface area (Å²) in [5, 5.41) is 23.5. The summed E-state index contributed by atoms with van der Waals surface area (Å²) in [6.45, 7) is 1.53. The molecule has 2 N–H and O–H groups in total. The van der Waals surface area contributed by atoms with Crippen molar-refractivity contribution in [1.29, 1.82) is 5.26 Å². The monoisotopic (exact) mass is 222 g/mol. The highest BCUT2D eigenvalue weighted by Gasteiger charge is 2.20. The maximum Gasteiger partial charge on any atom is 0.341 e. The summed E-state index contributed by atoms with van der Waals surface area (Å²) >= 11 is 0. The summed E-state index contributed by atoms with van der Waals surface area (Å²) in [6.07, 6.45) is -0.330. The van der Waals surface area contributed by atoms with Gasteiger partial charge in [-0.2, -0.15) is 10.4 Å². The quantitative estimate of drug-likeness (QED) is 0.763. The third kappa shape index (κ3) is 2.17. The first-order valence-electron chi connectivity index (χ1n) is 4.41. The lowest BCUT2D eigenvalue weighted by Crippen LogP contribution is -2.15. The maximum atomic E-state index is 11.2. The van der Waals surface area contributed by atoms with Crippen LogP contribution in [0.2, 0.25) is 0 Å².